The molecule has 0 radical (unpaired) electrons. The molecule has 3 heterocycles. The van der Waals surface area contributed by atoms with Gasteiger partial charge in [0.15, 0.2) is 5.16 Å². The highest BCUT2D eigenvalue weighted by Crippen LogP contribution is 2.42. The first kappa shape index (κ1) is 20.8. The maximum Gasteiger partial charge on any atom is 0.251 e. The average Bonchev–Trinajstić information content (AvgIpc) is 3.09. The van der Waals surface area contributed by atoms with Crippen LogP contribution in [-0.2, 0) is 24.1 Å². The molecule has 9 heteroatoms. The van der Waals surface area contributed by atoms with Crippen LogP contribution in [0.3, 0.4) is 0 Å². The highest BCUT2D eigenvalue weighted by atomic mass is 32.2. The van der Waals surface area contributed by atoms with Gasteiger partial charge in [-0.15, -0.1) is 22.7 Å². The minimum atomic E-state index is -0.461. The molecule has 5 rings (SSSR count). The molecular formula is C22H24N4O2S3. The van der Waals surface area contributed by atoms with Crippen molar-refractivity contribution < 1.29 is 9.59 Å². The Balaban J connectivity index is 1.32. The zero-order chi connectivity index (χ0) is 21.5. The van der Waals surface area contributed by atoms with Gasteiger partial charge in [0.1, 0.15) is 5.00 Å². The van der Waals surface area contributed by atoms with Gasteiger partial charge in [0, 0.05) is 34.1 Å². The van der Waals surface area contributed by atoms with Crippen LogP contribution >= 0.6 is 34.4 Å². The van der Waals surface area contributed by atoms with Crippen LogP contribution in [0.5, 0.6) is 0 Å². The van der Waals surface area contributed by atoms with Gasteiger partial charge >= 0.3 is 0 Å². The standard InChI is InChI=1S/C22H24N4O2S3/c1-12(20(28)25-21-18(19(23)27)16-5-2-6-17(16)31-21)30-22-24-11-14(26(22)13-7-8-13)10-15-4-3-9-29-15/h3-4,9,11-13H,2,5-8,10H2,1H3,(H2,23,27)(H,25,28). The van der Waals surface area contributed by atoms with Crippen molar-refractivity contribution in [3.05, 3.63) is 50.3 Å². The van der Waals surface area contributed by atoms with E-state index in [0.29, 0.717) is 16.6 Å². The van der Waals surface area contributed by atoms with E-state index < -0.39 is 5.91 Å². The second kappa shape index (κ2) is 8.44. The second-order valence-corrected chi connectivity index (χ2v) is 11.5. The second-order valence-electron chi connectivity index (χ2n) is 8.06. The Bertz CT molecular complexity index is 1130. The molecule has 0 aliphatic heterocycles. The summed E-state index contributed by atoms with van der Waals surface area (Å²) in [5.41, 5.74) is 8.35. The Morgan fingerprint density at radius 2 is 2.23 bits per heavy atom. The van der Waals surface area contributed by atoms with E-state index in [4.69, 9.17) is 5.73 Å². The minimum absolute atomic E-state index is 0.127. The average molecular weight is 473 g/mol. The summed E-state index contributed by atoms with van der Waals surface area (Å²) in [6, 6.07) is 4.70. The van der Waals surface area contributed by atoms with Gasteiger partial charge in [0.25, 0.3) is 5.91 Å². The molecule has 1 unspecified atom stereocenters. The molecule has 162 valence electrons. The summed E-state index contributed by atoms with van der Waals surface area (Å²) >= 11 is 4.72. The molecule has 1 fully saturated rings. The van der Waals surface area contributed by atoms with Crippen LogP contribution in [-0.4, -0.2) is 26.6 Å². The largest absolute Gasteiger partial charge is 0.365 e. The third kappa shape index (κ3) is 4.18. The summed E-state index contributed by atoms with van der Waals surface area (Å²) in [4.78, 5) is 32.1. The molecule has 0 spiro atoms. The number of aromatic nitrogens is 2. The quantitative estimate of drug-likeness (QED) is 0.468. The number of anilines is 1. The SMILES string of the molecule is CC(Sc1ncc(Cc2cccs2)n1C1CC1)C(=O)Nc1sc2c(c1C(N)=O)CCC2. The van der Waals surface area contributed by atoms with E-state index >= 15 is 0 Å². The van der Waals surface area contributed by atoms with Crippen molar-refractivity contribution >= 4 is 51.3 Å². The van der Waals surface area contributed by atoms with Gasteiger partial charge in [-0.05, 0) is 56.0 Å². The number of fused-ring (bicyclic) bond motifs is 1. The van der Waals surface area contributed by atoms with Gasteiger partial charge in [-0.3, -0.25) is 9.59 Å². The topological polar surface area (TPSA) is 90.0 Å². The third-order valence-electron chi connectivity index (χ3n) is 5.74. The Labute approximate surface area is 193 Å². The molecule has 3 aromatic heterocycles. The Morgan fingerprint density at radius 1 is 1.39 bits per heavy atom. The number of nitrogens with two attached hydrogens (primary N) is 1. The smallest absolute Gasteiger partial charge is 0.251 e. The first-order valence-corrected chi connectivity index (χ1v) is 13.1. The molecule has 1 saturated carbocycles. The number of amides is 2. The number of carbonyl (C=O) groups excluding carboxylic acids is 2. The summed E-state index contributed by atoms with van der Waals surface area (Å²) in [7, 11) is 0. The molecule has 1 atom stereocenters. The van der Waals surface area contributed by atoms with E-state index in [1.807, 2.05) is 13.1 Å². The lowest BCUT2D eigenvalue weighted by Gasteiger charge is -2.14. The number of imidazole rings is 1. The summed E-state index contributed by atoms with van der Waals surface area (Å²) in [6.45, 7) is 1.89. The molecule has 2 amide bonds. The number of thiophene rings is 2. The van der Waals surface area contributed by atoms with Crippen molar-refractivity contribution in [3.63, 3.8) is 0 Å². The van der Waals surface area contributed by atoms with E-state index in [2.05, 4.69) is 32.4 Å². The molecule has 31 heavy (non-hydrogen) atoms. The molecule has 3 aromatic rings. The highest BCUT2D eigenvalue weighted by molar-refractivity contribution is 8.00. The van der Waals surface area contributed by atoms with Crippen LogP contribution in [0.15, 0.2) is 28.9 Å². The van der Waals surface area contributed by atoms with Crippen molar-refractivity contribution in [2.75, 3.05) is 5.32 Å². The Morgan fingerprint density at radius 3 is 2.94 bits per heavy atom. The highest BCUT2D eigenvalue weighted by Gasteiger charge is 2.31. The molecule has 0 bridgehead atoms. The molecule has 0 aromatic carbocycles. The number of hydrogen-bond acceptors (Lipinski definition) is 6. The number of thioether (sulfide) groups is 1. The van der Waals surface area contributed by atoms with E-state index in [1.165, 1.54) is 38.5 Å². The van der Waals surface area contributed by atoms with Gasteiger partial charge in [0.2, 0.25) is 5.91 Å². The molecule has 2 aliphatic rings. The van der Waals surface area contributed by atoms with E-state index in [9.17, 15) is 9.59 Å². The number of nitrogens with zero attached hydrogens (tertiary/aromatic N) is 2. The van der Waals surface area contributed by atoms with Gasteiger partial charge in [-0.25, -0.2) is 4.98 Å². The number of aryl methyl sites for hydroxylation is 1. The van der Waals surface area contributed by atoms with Crippen molar-refractivity contribution in [1.29, 1.82) is 0 Å². The molecule has 6 nitrogen and oxygen atoms in total. The predicted octanol–water partition coefficient (Wildman–Crippen LogP) is 4.64. The molecule has 2 aliphatic carbocycles. The summed E-state index contributed by atoms with van der Waals surface area (Å²) in [6.07, 6.45) is 7.97. The van der Waals surface area contributed by atoms with Crippen LogP contribution in [0, 0.1) is 0 Å². The Hall–Kier alpha value is -2.10. The monoisotopic (exact) mass is 472 g/mol. The van der Waals surface area contributed by atoms with Crippen molar-refractivity contribution in [3.8, 4) is 0 Å². The molecule has 3 N–H and O–H groups in total. The fourth-order valence-electron chi connectivity index (χ4n) is 4.09. The lowest BCUT2D eigenvalue weighted by atomic mass is 10.1. The number of hydrogen-bond donors (Lipinski definition) is 2. The lowest BCUT2D eigenvalue weighted by molar-refractivity contribution is -0.115. The molecular weight excluding hydrogens is 448 g/mol. The lowest BCUT2D eigenvalue weighted by Crippen LogP contribution is -2.24. The maximum absolute atomic E-state index is 13.0. The first-order chi connectivity index (χ1) is 15.0. The van der Waals surface area contributed by atoms with Crippen LogP contribution < -0.4 is 11.1 Å². The van der Waals surface area contributed by atoms with Crippen molar-refractivity contribution in [2.45, 2.75) is 61.9 Å². The van der Waals surface area contributed by atoms with Gasteiger partial charge in [-0.1, -0.05) is 17.8 Å². The van der Waals surface area contributed by atoms with Crippen molar-refractivity contribution in [2.24, 2.45) is 5.73 Å². The fraction of sp³-hybridized carbons (Fsp3) is 0.409. The van der Waals surface area contributed by atoms with Crippen LogP contribution in [0.4, 0.5) is 5.00 Å². The third-order valence-corrected chi connectivity index (χ3v) is 8.91. The summed E-state index contributed by atoms with van der Waals surface area (Å²) < 4.78 is 2.31. The predicted molar refractivity (Wildman–Crippen MR) is 126 cm³/mol. The minimum Gasteiger partial charge on any atom is -0.365 e. The fourth-order valence-corrected chi connectivity index (χ4v) is 7.08. The van der Waals surface area contributed by atoms with Crippen LogP contribution in [0.25, 0.3) is 0 Å². The van der Waals surface area contributed by atoms with Crippen molar-refractivity contribution in [1.82, 2.24) is 9.55 Å². The van der Waals surface area contributed by atoms with Gasteiger partial charge < -0.3 is 15.6 Å². The molecule has 0 saturated heterocycles. The van der Waals surface area contributed by atoms with E-state index in [1.54, 1.807) is 11.3 Å². The van der Waals surface area contributed by atoms with Gasteiger partial charge in [0.05, 0.1) is 10.8 Å². The number of carbonyl (C=O) groups is 2. The van der Waals surface area contributed by atoms with Crippen LogP contribution in [0.2, 0.25) is 0 Å². The van der Waals surface area contributed by atoms with E-state index in [0.717, 1.165) is 49.2 Å². The van der Waals surface area contributed by atoms with Gasteiger partial charge in [-0.2, -0.15) is 0 Å². The zero-order valence-corrected chi connectivity index (χ0v) is 19.7. The summed E-state index contributed by atoms with van der Waals surface area (Å²) in [5.74, 6) is -0.588. The zero-order valence-electron chi connectivity index (χ0n) is 17.2. The first-order valence-electron chi connectivity index (χ1n) is 10.5. The number of nitrogens with one attached hydrogen (secondary N) is 1. The maximum atomic E-state index is 13.0. The summed E-state index contributed by atoms with van der Waals surface area (Å²) in [5, 5.41) is 6.21. The Kier molecular flexibility index (Phi) is 5.66. The van der Waals surface area contributed by atoms with E-state index in [-0.39, 0.29) is 11.2 Å². The number of primary amides is 1. The normalized spacial score (nSPS) is 16.3. The number of rotatable bonds is 8. The van der Waals surface area contributed by atoms with Crippen LogP contribution in [0.1, 0.15) is 63.6 Å².